The molecule has 0 radical (unpaired) electrons. The zero-order valence-electron chi connectivity index (χ0n) is 17.6. The van der Waals surface area contributed by atoms with Crippen molar-refractivity contribution in [3.05, 3.63) is 24.3 Å². The highest BCUT2D eigenvalue weighted by Gasteiger charge is 2.20. The third-order valence-electron chi connectivity index (χ3n) is 4.76. The van der Waals surface area contributed by atoms with E-state index in [1.54, 1.807) is 0 Å². The van der Waals surface area contributed by atoms with Crippen molar-refractivity contribution in [1.82, 2.24) is 30.3 Å². The van der Waals surface area contributed by atoms with E-state index in [-0.39, 0.29) is 24.0 Å². The molecule has 1 aromatic rings. The molecule has 1 aliphatic rings. The van der Waals surface area contributed by atoms with Crippen LogP contribution in [0.4, 0.5) is 0 Å². The Hall–Kier alpha value is -1.20. The molecule has 160 valence electrons. The second-order valence-corrected chi connectivity index (χ2v) is 7.24. The van der Waals surface area contributed by atoms with Crippen LogP contribution in [0.5, 0.6) is 0 Å². The van der Waals surface area contributed by atoms with Gasteiger partial charge < -0.3 is 24.8 Å². The SMILES string of the molecule is C=CCNC(=NCc1nnc(C)n1C)NC1CCN(CCOC(C)C)CC1.I. The number of guanidine groups is 1. The monoisotopic (exact) mass is 505 g/mol. The number of aromatic nitrogens is 3. The Morgan fingerprint density at radius 3 is 2.64 bits per heavy atom. The van der Waals surface area contributed by atoms with Crippen molar-refractivity contribution in [2.75, 3.05) is 32.8 Å². The molecule has 0 aliphatic carbocycles. The molecule has 28 heavy (non-hydrogen) atoms. The van der Waals surface area contributed by atoms with Crippen LogP contribution in [0.2, 0.25) is 0 Å². The highest BCUT2D eigenvalue weighted by molar-refractivity contribution is 14.0. The lowest BCUT2D eigenvalue weighted by atomic mass is 10.1. The Bertz CT molecular complexity index is 609. The van der Waals surface area contributed by atoms with Crippen LogP contribution in [-0.4, -0.2) is 70.6 Å². The predicted molar refractivity (Wildman–Crippen MR) is 124 cm³/mol. The van der Waals surface area contributed by atoms with Crippen molar-refractivity contribution in [2.45, 2.75) is 52.3 Å². The van der Waals surface area contributed by atoms with E-state index in [4.69, 9.17) is 4.74 Å². The first-order valence-electron chi connectivity index (χ1n) is 9.84. The number of hydrogen-bond donors (Lipinski definition) is 2. The number of likely N-dealkylation sites (tertiary alicyclic amines) is 1. The largest absolute Gasteiger partial charge is 0.377 e. The van der Waals surface area contributed by atoms with E-state index in [1.807, 2.05) is 24.6 Å². The summed E-state index contributed by atoms with van der Waals surface area (Å²) in [4.78, 5) is 7.15. The van der Waals surface area contributed by atoms with E-state index in [0.29, 0.717) is 25.2 Å². The van der Waals surface area contributed by atoms with E-state index < -0.39 is 0 Å². The zero-order valence-corrected chi connectivity index (χ0v) is 20.0. The van der Waals surface area contributed by atoms with Crippen LogP contribution in [0.15, 0.2) is 17.6 Å². The number of aryl methyl sites for hydroxylation is 1. The van der Waals surface area contributed by atoms with E-state index in [9.17, 15) is 0 Å². The van der Waals surface area contributed by atoms with E-state index in [1.165, 1.54) is 0 Å². The van der Waals surface area contributed by atoms with Gasteiger partial charge in [0.15, 0.2) is 11.8 Å². The van der Waals surface area contributed by atoms with Crippen molar-refractivity contribution < 1.29 is 4.74 Å². The summed E-state index contributed by atoms with van der Waals surface area (Å²) in [5.41, 5.74) is 0. The van der Waals surface area contributed by atoms with Crippen molar-refractivity contribution in [3.63, 3.8) is 0 Å². The lowest BCUT2D eigenvalue weighted by molar-refractivity contribution is 0.0532. The number of halogens is 1. The van der Waals surface area contributed by atoms with Crippen molar-refractivity contribution in [2.24, 2.45) is 12.0 Å². The van der Waals surface area contributed by atoms with Gasteiger partial charge in [0.25, 0.3) is 0 Å². The first-order valence-corrected chi connectivity index (χ1v) is 9.84. The van der Waals surface area contributed by atoms with Crippen LogP contribution < -0.4 is 10.6 Å². The first-order chi connectivity index (χ1) is 13.0. The summed E-state index contributed by atoms with van der Waals surface area (Å²) in [6.45, 7) is 15.0. The number of nitrogens with one attached hydrogen (secondary N) is 2. The van der Waals surface area contributed by atoms with Gasteiger partial charge in [-0.15, -0.1) is 40.8 Å². The van der Waals surface area contributed by atoms with Crippen LogP contribution in [-0.2, 0) is 18.3 Å². The normalized spacial score (nSPS) is 16.1. The molecular weight excluding hydrogens is 469 g/mol. The summed E-state index contributed by atoms with van der Waals surface area (Å²) in [5, 5.41) is 15.1. The van der Waals surface area contributed by atoms with Crippen molar-refractivity contribution in [1.29, 1.82) is 0 Å². The van der Waals surface area contributed by atoms with Gasteiger partial charge >= 0.3 is 0 Å². The van der Waals surface area contributed by atoms with Crippen LogP contribution in [0, 0.1) is 6.92 Å². The van der Waals surface area contributed by atoms with E-state index in [0.717, 1.165) is 56.7 Å². The molecule has 8 nitrogen and oxygen atoms in total. The number of rotatable bonds is 9. The van der Waals surface area contributed by atoms with Gasteiger partial charge in [0.1, 0.15) is 12.4 Å². The summed E-state index contributed by atoms with van der Waals surface area (Å²) in [7, 11) is 1.96. The summed E-state index contributed by atoms with van der Waals surface area (Å²) in [6.07, 6.45) is 4.33. The second-order valence-electron chi connectivity index (χ2n) is 7.24. The standard InChI is InChI=1S/C19H35N7O.HI/c1-6-9-20-19(21-14-18-24-23-16(4)25(18)5)22-17-7-10-26(11-8-17)12-13-27-15(2)3;/h6,15,17H,1,7-14H2,2-5H3,(H2,20,21,22);1H. The quantitative estimate of drug-likeness (QED) is 0.231. The number of hydrogen-bond acceptors (Lipinski definition) is 5. The lowest BCUT2D eigenvalue weighted by Gasteiger charge is -2.33. The molecule has 1 aliphatic heterocycles. The van der Waals surface area contributed by atoms with E-state index in [2.05, 4.69) is 51.1 Å². The van der Waals surface area contributed by atoms with Gasteiger partial charge in [0.05, 0.1) is 12.7 Å². The molecule has 9 heteroatoms. The Morgan fingerprint density at radius 2 is 2.07 bits per heavy atom. The van der Waals surface area contributed by atoms with Crippen LogP contribution in [0.3, 0.4) is 0 Å². The Labute approximate surface area is 186 Å². The second kappa shape index (κ2) is 13.1. The van der Waals surface area contributed by atoms with Gasteiger partial charge in [-0.1, -0.05) is 6.08 Å². The van der Waals surface area contributed by atoms with Crippen LogP contribution in [0.1, 0.15) is 38.3 Å². The van der Waals surface area contributed by atoms with Gasteiger partial charge in [-0.05, 0) is 33.6 Å². The van der Waals surface area contributed by atoms with Crippen LogP contribution in [0.25, 0.3) is 0 Å². The highest BCUT2D eigenvalue weighted by Crippen LogP contribution is 2.10. The number of ether oxygens (including phenoxy) is 1. The third-order valence-corrected chi connectivity index (χ3v) is 4.76. The molecule has 1 saturated heterocycles. The fourth-order valence-electron chi connectivity index (χ4n) is 2.97. The highest BCUT2D eigenvalue weighted by atomic mass is 127. The lowest BCUT2D eigenvalue weighted by Crippen LogP contribution is -2.49. The zero-order chi connectivity index (χ0) is 19.6. The average molecular weight is 505 g/mol. The molecule has 0 spiro atoms. The van der Waals surface area contributed by atoms with Gasteiger partial charge in [0.2, 0.25) is 0 Å². The molecule has 2 heterocycles. The summed E-state index contributed by atoms with van der Waals surface area (Å²) < 4.78 is 7.62. The van der Waals surface area contributed by atoms with Crippen molar-refractivity contribution in [3.8, 4) is 0 Å². The Balaban J connectivity index is 0.00000392. The Kier molecular flexibility index (Phi) is 11.6. The fraction of sp³-hybridized carbons (Fsp3) is 0.737. The topological polar surface area (TPSA) is 79.6 Å². The minimum absolute atomic E-state index is 0. The molecule has 2 N–H and O–H groups in total. The molecule has 0 unspecified atom stereocenters. The molecule has 0 aromatic carbocycles. The minimum Gasteiger partial charge on any atom is -0.377 e. The number of nitrogens with zero attached hydrogens (tertiary/aromatic N) is 5. The number of aliphatic imine (C=N–C) groups is 1. The minimum atomic E-state index is 0. The molecule has 0 atom stereocenters. The van der Waals surface area contributed by atoms with Gasteiger partial charge in [0, 0.05) is 39.3 Å². The van der Waals surface area contributed by atoms with Gasteiger partial charge in [-0.3, -0.25) is 0 Å². The fourth-order valence-corrected chi connectivity index (χ4v) is 2.97. The molecule has 0 bridgehead atoms. The van der Waals surface area contributed by atoms with Gasteiger partial charge in [-0.2, -0.15) is 0 Å². The first kappa shape index (κ1) is 24.8. The molecule has 2 rings (SSSR count). The van der Waals surface area contributed by atoms with Crippen LogP contribution >= 0.6 is 24.0 Å². The molecule has 1 fully saturated rings. The van der Waals surface area contributed by atoms with E-state index >= 15 is 0 Å². The maximum atomic E-state index is 5.66. The average Bonchev–Trinajstić information content (AvgIpc) is 2.97. The smallest absolute Gasteiger partial charge is 0.192 e. The maximum absolute atomic E-state index is 5.66. The molecule has 0 saturated carbocycles. The molecule has 1 aromatic heterocycles. The maximum Gasteiger partial charge on any atom is 0.192 e. The summed E-state index contributed by atoms with van der Waals surface area (Å²) in [6, 6.07) is 0.421. The Morgan fingerprint density at radius 1 is 1.36 bits per heavy atom. The number of piperidine rings is 1. The molecular formula is C19H36IN7O. The molecule has 0 amide bonds. The summed E-state index contributed by atoms with van der Waals surface area (Å²) in [5.74, 6) is 2.55. The third kappa shape index (κ3) is 8.44. The van der Waals surface area contributed by atoms with Crippen molar-refractivity contribution >= 4 is 29.9 Å². The van der Waals surface area contributed by atoms with Gasteiger partial charge in [-0.25, -0.2) is 4.99 Å². The summed E-state index contributed by atoms with van der Waals surface area (Å²) >= 11 is 0. The predicted octanol–water partition coefficient (Wildman–Crippen LogP) is 1.85.